The van der Waals surface area contributed by atoms with E-state index in [1.165, 1.54) is 0 Å². The molecule has 0 aliphatic carbocycles. The molecule has 33 valence electrons. The third kappa shape index (κ3) is 10.9. The first-order valence-corrected chi connectivity index (χ1v) is 1.60. The van der Waals surface area contributed by atoms with E-state index in [9.17, 15) is 0 Å². The molecule has 0 heterocycles. The molecule has 0 saturated heterocycles. The molecule has 1 radical (unpaired) electrons. The molecule has 4 heavy (non-hydrogen) atoms. The van der Waals surface area contributed by atoms with Crippen LogP contribution in [0.3, 0.4) is 0 Å². The zero-order valence-electron chi connectivity index (χ0n) is 1.56. The Morgan fingerprint density at radius 2 is 1.25 bits per heavy atom. The molecule has 0 amide bonds. The van der Waals surface area contributed by atoms with Gasteiger partial charge in [0.2, 0.25) is 0 Å². The van der Waals surface area contributed by atoms with Gasteiger partial charge in [0.1, 0.15) is 0 Å². The molecule has 4 heteroatoms. The zero-order valence-corrected chi connectivity index (χ0v) is 4.40. The van der Waals surface area contributed by atoms with Gasteiger partial charge in [0.05, 0.1) is 0 Å². The Morgan fingerprint density at radius 3 is 1.25 bits per heavy atom. The summed E-state index contributed by atoms with van der Waals surface area (Å²) in [5, 5.41) is 0. The zero-order chi connectivity index (χ0) is 2.00. The minimum absolute atomic E-state index is 0. The van der Waals surface area contributed by atoms with Crippen LogP contribution in [0.1, 0.15) is 0 Å². The fourth-order valence-corrected chi connectivity index (χ4v) is 0. The van der Waals surface area contributed by atoms with Gasteiger partial charge in [-0.1, -0.05) is 0 Å². The minimum atomic E-state index is 0. The van der Waals surface area contributed by atoms with Crippen molar-refractivity contribution < 1.29 is 36.1 Å². The van der Waals surface area contributed by atoms with Crippen molar-refractivity contribution in [2.24, 2.45) is 0 Å². The predicted octanol–water partition coefficient (Wildman–Crippen LogP) is -0.181. The molecule has 0 unspecified atom stereocenters. The molecule has 1 nitrogen and oxygen atoms in total. The fourth-order valence-electron chi connectivity index (χ4n) is 0. The van der Waals surface area contributed by atoms with Crippen LogP contribution < -0.4 is 0 Å². The van der Waals surface area contributed by atoms with Gasteiger partial charge in [-0.2, -0.15) is 0 Å². The van der Waals surface area contributed by atoms with Crippen molar-refractivity contribution >= 4 is 10.7 Å². The fraction of sp³-hybridized carbons (Fsp3) is 0. The summed E-state index contributed by atoms with van der Waals surface area (Å²) in [6.07, 6.45) is 0. The van der Waals surface area contributed by atoms with Crippen molar-refractivity contribution in [3.8, 4) is 0 Å². The van der Waals surface area contributed by atoms with E-state index in [2.05, 4.69) is 24.5 Å². The quantitative estimate of drug-likeness (QED) is 0.461. The van der Waals surface area contributed by atoms with Gasteiger partial charge >= 0.3 is 24.5 Å². The molecule has 0 aliphatic rings. The molecule has 0 atom stereocenters. The van der Waals surface area contributed by atoms with E-state index in [4.69, 9.17) is 0 Å². The summed E-state index contributed by atoms with van der Waals surface area (Å²) >= 11 is 3.46. The summed E-state index contributed by atoms with van der Waals surface area (Å²) < 4.78 is 0. The summed E-state index contributed by atoms with van der Waals surface area (Å²) in [4.78, 5) is 0. The number of hydrogen-bond acceptors (Lipinski definition) is 1. The van der Waals surface area contributed by atoms with Gasteiger partial charge < -0.3 is 5.48 Å². The van der Waals surface area contributed by atoms with E-state index in [1.807, 2.05) is 0 Å². The number of rotatable bonds is 0. The van der Waals surface area contributed by atoms with Crippen LogP contribution in [0.2, 0.25) is 0 Å². The van der Waals surface area contributed by atoms with Gasteiger partial charge in [-0.25, -0.2) is 0 Å². The van der Waals surface area contributed by atoms with Gasteiger partial charge in [-0.3, -0.25) is 0 Å². The third-order valence-corrected chi connectivity index (χ3v) is 0. The van der Waals surface area contributed by atoms with Crippen LogP contribution in [-0.4, -0.2) is 5.48 Å². The van der Waals surface area contributed by atoms with Crippen LogP contribution in [0.25, 0.3) is 0 Å². The van der Waals surface area contributed by atoms with Gasteiger partial charge in [0, 0.05) is 16.8 Å². The maximum absolute atomic E-state index is 3.71. The third-order valence-electron chi connectivity index (χ3n) is 0. The van der Waals surface area contributed by atoms with Crippen molar-refractivity contribution in [1.82, 2.24) is 0 Å². The topological polar surface area (TPSA) is 31.5 Å². The van der Waals surface area contributed by atoms with Crippen LogP contribution in [-0.2, 0) is 30.6 Å². The van der Waals surface area contributed by atoms with Crippen LogP contribution in [0, 0.1) is 0 Å². The van der Waals surface area contributed by atoms with E-state index < -0.39 is 0 Å². The van der Waals surface area contributed by atoms with Gasteiger partial charge in [0.25, 0.3) is 0 Å². The Labute approximate surface area is 46.9 Å². The molecule has 0 rings (SSSR count). The summed E-state index contributed by atoms with van der Waals surface area (Å²) in [5.41, 5.74) is 0. The summed E-state index contributed by atoms with van der Waals surface area (Å²) in [6, 6.07) is 0. The molecule has 2 N–H and O–H groups in total. The summed E-state index contributed by atoms with van der Waals surface area (Å²) in [5.74, 6) is 0. The monoisotopic (exact) mass is 167 g/mol. The molecule has 0 aromatic carbocycles. The molecular weight excluding hydrogens is 166 g/mol. The van der Waals surface area contributed by atoms with Crippen LogP contribution >= 0.6 is 10.7 Å². The standard InChI is InChI=1S/Co.Ni.H2O.S/h;;1H2;. The Morgan fingerprint density at radius 1 is 1.25 bits per heavy atom. The molecular formula is H2CoNiOS. The Bertz CT molecular complexity index is 8.00. The van der Waals surface area contributed by atoms with E-state index in [1.54, 1.807) is 0 Å². The van der Waals surface area contributed by atoms with Crippen molar-refractivity contribution in [2.75, 3.05) is 0 Å². The van der Waals surface area contributed by atoms with Crippen molar-refractivity contribution in [3.05, 3.63) is 0 Å². The molecule has 0 aromatic rings. The molecule has 0 saturated carbocycles. The SMILES string of the molecule is O.[Co].[S]=[Ni]. The van der Waals surface area contributed by atoms with Crippen molar-refractivity contribution in [2.45, 2.75) is 0 Å². The summed E-state index contributed by atoms with van der Waals surface area (Å²) in [7, 11) is 3.71. The number of hydrogen-bond donors (Lipinski definition) is 0. The molecule has 0 bridgehead atoms. The van der Waals surface area contributed by atoms with Gasteiger partial charge in [0.15, 0.2) is 0 Å². The molecule has 0 fully saturated rings. The van der Waals surface area contributed by atoms with Crippen LogP contribution in [0.15, 0.2) is 0 Å². The molecule has 0 aliphatic heterocycles. The van der Waals surface area contributed by atoms with Crippen LogP contribution in [0.4, 0.5) is 0 Å². The first kappa shape index (κ1) is 19.0. The Balaban J connectivity index is -0.00000000500. The first-order chi connectivity index (χ1) is 1.00. The van der Waals surface area contributed by atoms with Gasteiger partial charge in [-0.05, 0) is 0 Å². The predicted molar refractivity (Wildman–Crippen MR) is 11.2 cm³/mol. The Kier molecular flexibility index (Phi) is 145. The second kappa shape index (κ2) is 30.4. The summed E-state index contributed by atoms with van der Waals surface area (Å²) in [6.45, 7) is 0. The average molecular weight is 168 g/mol. The van der Waals surface area contributed by atoms with Crippen molar-refractivity contribution in [1.29, 1.82) is 0 Å². The van der Waals surface area contributed by atoms with E-state index in [0.29, 0.717) is 0 Å². The molecule has 0 aromatic heterocycles. The van der Waals surface area contributed by atoms with Crippen molar-refractivity contribution in [3.63, 3.8) is 0 Å². The van der Waals surface area contributed by atoms with E-state index >= 15 is 0 Å². The Hall–Kier alpha value is 1.18. The first-order valence-electron chi connectivity index (χ1n) is 0.129. The second-order valence-corrected chi connectivity index (χ2v) is 0. The van der Waals surface area contributed by atoms with E-state index in [0.717, 1.165) is 0 Å². The van der Waals surface area contributed by atoms with E-state index in [-0.39, 0.29) is 22.3 Å². The second-order valence-electron chi connectivity index (χ2n) is 0. The van der Waals surface area contributed by atoms with Crippen LogP contribution in [0.5, 0.6) is 0 Å². The normalized spacial score (nSPS) is 1.50. The van der Waals surface area contributed by atoms with Gasteiger partial charge in [-0.15, -0.1) is 0 Å². The molecule has 0 spiro atoms. The average Bonchev–Trinajstić information content (AvgIpc) is 1.00. The maximum atomic E-state index is 3.71.